The van der Waals surface area contributed by atoms with Crippen LogP contribution < -0.4 is 20.4 Å². The van der Waals surface area contributed by atoms with Gasteiger partial charge in [-0.2, -0.15) is 15.0 Å². The number of benzene rings is 1. The maximum absolute atomic E-state index is 12.1. The maximum atomic E-state index is 12.1. The van der Waals surface area contributed by atoms with Crippen LogP contribution >= 0.6 is 0 Å². The number of nitrogens with zero attached hydrogens (tertiary/aromatic N) is 5. The van der Waals surface area contributed by atoms with E-state index < -0.39 is 6.09 Å². The van der Waals surface area contributed by atoms with Crippen LogP contribution in [0.15, 0.2) is 30.3 Å². The van der Waals surface area contributed by atoms with Crippen molar-refractivity contribution in [3.63, 3.8) is 0 Å². The molecule has 0 bridgehead atoms. The molecule has 1 aliphatic heterocycles. The highest BCUT2D eigenvalue weighted by Gasteiger charge is 2.17. The molecule has 0 aliphatic carbocycles. The maximum Gasteiger partial charge on any atom is 0.407 e. The molecule has 1 aromatic heterocycles. The minimum absolute atomic E-state index is 0.143. The zero-order chi connectivity index (χ0) is 22.1. The molecule has 31 heavy (non-hydrogen) atoms. The first kappa shape index (κ1) is 22.3. The van der Waals surface area contributed by atoms with Gasteiger partial charge in [0.1, 0.15) is 13.2 Å². The Hall–Kier alpha value is -3.43. The van der Waals surface area contributed by atoms with Crippen molar-refractivity contribution in [3.05, 3.63) is 41.7 Å². The topological polar surface area (TPSA) is 113 Å². The van der Waals surface area contributed by atoms with Gasteiger partial charge in [0.2, 0.25) is 17.8 Å². The summed E-state index contributed by atoms with van der Waals surface area (Å²) >= 11 is 0. The number of aromatic nitrogens is 3. The number of hydrogen-bond acceptors (Lipinski definition) is 8. The Balaban J connectivity index is 1.48. The van der Waals surface area contributed by atoms with Gasteiger partial charge < -0.3 is 25.2 Å². The van der Waals surface area contributed by atoms with Crippen LogP contribution in [-0.2, 0) is 22.7 Å². The normalized spacial score (nSPS) is 13.4. The van der Waals surface area contributed by atoms with E-state index in [4.69, 9.17) is 4.74 Å². The number of amides is 2. The van der Waals surface area contributed by atoms with Gasteiger partial charge in [0.15, 0.2) is 5.82 Å². The number of carbonyl (C=O) groups is 2. The standard InChI is InChI=1S/C21H29N7O3/c1-27(2)19-24-17(25-20(26-19)28-11-7-4-8-12-28)13-22-18(29)14-23-21(30)31-15-16-9-5-3-6-10-16/h3,5-6,9-10H,4,7-8,11-15H2,1-2H3,(H,22,29)(H,23,30). The molecule has 3 rings (SSSR count). The molecular weight excluding hydrogens is 398 g/mol. The third-order valence-electron chi connectivity index (χ3n) is 4.75. The number of piperidine rings is 1. The Kier molecular flexibility index (Phi) is 7.97. The van der Waals surface area contributed by atoms with E-state index in [9.17, 15) is 9.59 Å². The van der Waals surface area contributed by atoms with Crippen LogP contribution in [0.25, 0.3) is 0 Å². The van der Waals surface area contributed by atoms with Gasteiger partial charge >= 0.3 is 6.09 Å². The van der Waals surface area contributed by atoms with Crippen molar-refractivity contribution in [2.75, 3.05) is 43.5 Å². The summed E-state index contributed by atoms with van der Waals surface area (Å²) in [7, 11) is 3.73. The second-order valence-electron chi connectivity index (χ2n) is 7.49. The highest BCUT2D eigenvalue weighted by Crippen LogP contribution is 2.17. The molecule has 2 heterocycles. The van der Waals surface area contributed by atoms with Gasteiger partial charge in [0, 0.05) is 27.2 Å². The Morgan fingerprint density at radius 1 is 1.03 bits per heavy atom. The van der Waals surface area contributed by atoms with E-state index in [0.29, 0.717) is 17.7 Å². The highest BCUT2D eigenvalue weighted by atomic mass is 16.5. The summed E-state index contributed by atoms with van der Waals surface area (Å²) in [6, 6.07) is 9.33. The Labute approximate surface area is 182 Å². The molecule has 1 fully saturated rings. The fourth-order valence-corrected chi connectivity index (χ4v) is 3.08. The van der Waals surface area contributed by atoms with Gasteiger partial charge in [-0.15, -0.1) is 0 Å². The molecule has 1 aromatic carbocycles. The van der Waals surface area contributed by atoms with E-state index in [1.54, 1.807) is 0 Å². The smallest absolute Gasteiger partial charge is 0.407 e. The first-order chi connectivity index (χ1) is 15.0. The summed E-state index contributed by atoms with van der Waals surface area (Å²) in [4.78, 5) is 41.3. The predicted octanol–water partition coefficient (Wildman–Crippen LogP) is 1.47. The fraction of sp³-hybridized carbons (Fsp3) is 0.476. The molecule has 2 N–H and O–H groups in total. The fourth-order valence-electron chi connectivity index (χ4n) is 3.08. The van der Waals surface area contributed by atoms with Crippen molar-refractivity contribution in [2.24, 2.45) is 0 Å². The lowest BCUT2D eigenvalue weighted by atomic mass is 10.1. The Morgan fingerprint density at radius 2 is 1.77 bits per heavy atom. The average Bonchev–Trinajstić information content (AvgIpc) is 2.81. The number of hydrogen-bond donors (Lipinski definition) is 2. The first-order valence-corrected chi connectivity index (χ1v) is 10.4. The summed E-state index contributed by atoms with van der Waals surface area (Å²) in [5.41, 5.74) is 0.873. The molecule has 0 saturated carbocycles. The van der Waals surface area contributed by atoms with E-state index in [2.05, 4.69) is 30.5 Å². The highest BCUT2D eigenvalue weighted by molar-refractivity contribution is 5.82. The second kappa shape index (κ2) is 11.1. The Morgan fingerprint density at radius 3 is 2.48 bits per heavy atom. The lowest BCUT2D eigenvalue weighted by Crippen LogP contribution is -2.37. The average molecular weight is 428 g/mol. The van der Waals surface area contributed by atoms with E-state index in [1.165, 1.54) is 6.42 Å². The van der Waals surface area contributed by atoms with Crippen LogP contribution in [0.1, 0.15) is 30.7 Å². The van der Waals surface area contributed by atoms with Gasteiger partial charge in [0.05, 0.1) is 6.54 Å². The van der Waals surface area contributed by atoms with Gasteiger partial charge in [-0.05, 0) is 24.8 Å². The van der Waals surface area contributed by atoms with Crippen LogP contribution in [0.2, 0.25) is 0 Å². The molecule has 0 spiro atoms. The summed E-state index contributed by atoms with van der Waals surface area (Å²) in [6.45, 7) is 1.92. The predicted molar refractivity (Wildman–Crippen MR) is 117 cm³/mol. The minimum Gasteiger partial charge on any atom is -0.445 e. The number of carbonyl (C=O) groups excluding carboxylic acids is 2. The van der Waals surface area contributed by atoms with Crippen LogP contribution in [0.4, 0.5) is 16.7 Å². The zero-order valence-electron chi connectivity index (χ0n) is 18.0. The molecule has 2 aromatic rings. The molecule has 166 valence electrons. The third-order valence-corrected chi connectivity index (χ3v) is 4.75. The monoisotopic (exact) mass is 427 g/mol. The van der Waals surface area contributed by atoms with Crippen molar-refractivity contribution >= 4 is 23.9 Å². The SMILES string of the molecule is CN(C)c1nc(CNC(=O)CNC(=O)OCc2ccccc2)nc(N2CCCCC2)n1. The summed E-state index contributed by atoms with van der Waals surface area (Å²) in [6.07, 6.45) is 2.79. The van der Waals surface area contributed by atoms with Gasteiger partial charge in [0.25, 0.3) is 0 Å². The van der Waals surface area contributed by atoms with E-state index in [0.717, 1.165) is 31.5 Å². The molecule has 1 saturated heterocycles. The zero-order valence-corrected chi connectivity index (χ0v) is 18.0. The molecule has 10 heteroatoms. The number of nitrogens with one attached hydrogen (secondary N) is 2. The van der Waals surface area contributed by atoms with E-state index >= 15 is 0 Å². The van der Waals surface area contributed by atoms with E-state index in [-0.39, 0.29) is 25.6 Å². The molecule has 0 radical (unpaired) electrons. The van der Waals surface area contributed by atoms with Gasteiger partial charge in [-0.3, -0.25) is 4.79 Å². The summed E-state index contributed by atoms with van der Waals surface area (Å²) in [5.74, 6) is 1.29. The summed E-state index contributed by atoms with van der Waals surface area (Å²) < 4.78 is 5.09. The van der Waals surface area contributed by atoms with Crippen LogP contribution in [0, 0.1) is 0 Å². The third kappa shape index (κ3) is 7.09. The number of rotatable bonds is 8. The quantitative estimate of drug-likeness (QED) is 0.651. The Bertz CT molecular complexity index is 871. The number of anilines is 2. The minimum atomic E-state index is -0.651. The molecular formula is C21H29N7O3. The molecule has 0 atom stereocenters. The molecule has 1 aliphatic rings. The number of alkyl carbamates (subject to hydrolysis) is 1. The van der Waals surface area contributed by atoms with Crippen molar-refractivity contribution in [1.82, 2.24) is 25.6 Å². The van der Waals surface area contributed by atoms with Crippen molar-refractivity contribution in [2.45, 2.75) is 32.4 Å². The summed E-state index contributed by atoms with van der Waals surface area (Å²) in [5, 5.41) is 5.16. The molecule has 10 nitrogen and oxygen atoms in total. The van der Waals surface area contributed by atoms with Crippen LogP contribution in [-0.4, -0.2) is 60.7 Å². The molecule has 2 amide bonds. The molecule has 0 unspecified atom stereocenters. The first-order valence-electron chi connectivity index (χ1n) is 10.4. The van der Waals surface area contributed by atoms with E-state index in [1.807, 2.05) is 49.3 Å². The second-order valence-corrected chi connectivity index (χ2v) is 7.49. The van der Waals surface area contributed by atoms with Gasteiger partial charge in [-0.25, -0.2) is 4.79 Å². The van der Waals surface area contributed by atoms with Crippen molar-refractivity contribution < 1.29 is 14.3 Å². The number of ether oxygens (including phenoxy) is 1. The van der Waals surface area contributed by atoms with Gasteiger partial charge in [-0.1, -0.05) is 30.3 Å². The van der Waals surface area contributed by atoms with Crippen LogP contribution in [0.5, 0.6) is 0 Å². The van der Waals surface area contributed by atoms with Crippen LogP contribution in [0.3, 0.4) is 0 Å². The lowest BCUT2D eigenvalue weighted by molar-refractivity contribution is -0.120. The van der Waals surface area contributed by atoms with Crippen molar-refractivity contribution in [3.8, 4) is 0 Å². The lowest BCUT2D eigenvalue weighted by Gasteiger charge is -2.27. The van der Waals surface area contributed by atoms with Crippen molar-refractivity contribution in [1.29, 1.82) is 0 Å². The largest absolute Gasteiger partial charge is 0.445 e.